The van der Waals surface area contributed by atoms with Gasteiger partial charge in [-0.3, -0.25) is 9.88 Å². The summed E-state index contributed by atoms with van der Waals surface area (Å²) in [5, 5.41) is 0. The van der Waals surface area contributed by atoms with Gasteiger partial charge in [-0.1, -0.05) is 12.1 Å². The molecule has 0 amide bonds. The first-order chi connectivity index (χ1) is 10.8. The number of hydrogen-bond acceptors (Lipinski definition) is 4. The maximum absolute atomic E-state index is 5.70. The van der Waals surface area contributed by atoms with E-state index >= 15 is 0 Å². The van der Waals surface area contributed by atoms with Gasteiger partial charge in [-0.15, -0.1) is 0 Å². The molecule has 2 aromatic rings. The van der Waals surface area contributed by atoms with Gasteiger partial charge >= 0.3 is 0 Å². The maximum Gasteiger partial charge on any atom is 0.165 e. The molecule has 0 saturated heterocycles. The zero-order chi connectivity index (χ0) is 15.1. The van der Waals surface area contributed by atoms with Crippen LogP contribution >= 0.6 is 0 Å². The number of nitrogens with zero attached hydrogens (tertiary/aromatic N) is 2. The molecule has 1 aromatic carbocycles. The van der Waals surface area contributed by atoms with Gasteiger partial charge in [0.25, 0.3) is 0 Å². The van der Waals surface area contributed by atoms with E-state index in [0.29, 0.717) is 6.04 Å². The molecule has 1 aromatic heterocycles. The van der Waals surface area contributed by atoms with Gasteiger partial charge in [-0.25, -0.2) is 0 Å². The third kappa shape index (κ3) is 1.98. The van der Waals surface area contributed by atoms with Crippen LogP contribution < -0.4 is 9.47 Å². The van der Waals surface area contributed by atoms with Crippen molar-refractivity contribution in [2.24, 2.45) is 0 Å². The Morgan fingerprint density at radius 2 is 2.05 bits per heavy atom. The molecule has 0 saturated carbocycles. The number of rotatable bonds is 2. The Morgan fingerprint density at radius 1 is 1.14 bits per heavy atom. The molecule has 114 valence electrons. The Balaban J connectivity index is 1.83. The normalized spacial score (nSPS) is 19.8. The van der Waals surface area contributed by atoms with Gasteiger partial charge in [-0.05, 0) is 29.7 Å². The van der Waals surface area contributed by atoms with Crippen molar-refractivity contribution in [3.63, 3.8) is 0 Å². The summed E-state index contributed by atoms with van der Waals surface area (Å²) < 4.78 is 11.2. The minimum atomic E-state index is 0.330. The van der Waals surface area contributed by atoms with Crippen LogP contribution in [0.3, 0.4) is 0 Å². The quantitative estimate of drug-likeness (QED) is 0.853. The van der Waals surface area contributed by atoms with Crippen molar-refractivity contribution >= 4 is 0 Å². The zero-order valence-electron chi connectivity index (χ0n) is 13.0. The Labute approximate surface area is 130 Å². The second-order valence-corrected chi connectivity index (χ2v) is 5.92. The van der Waals surface area contributed by atoms with Crippen molar-refractivity contribution in [3.05, 3.63) is 52.8 Å². The first-order valence-corrected chi connectivity index (χ1v) is 7.72. The number of ether oxygens (including phenoxy) is 2. The molecule has 1 atom stereocenters. The van der Waals surface area contributed by atoms with Gasteiger partial charge < -0.3 is 9.47 Å². The fourth-order valence-corrected chi connectivity index (χ4v) is 3.80. The summed E-state index contributed by atoms with van der Waals surface area (Å²) in [7, 11) is 3.43. The van der Waals surface area contributed by atoms with Crippen molar-refractivity contribution in [2.75, 3.05) is 20.8 Å². The van der Waals surface area contributed by atoms with E-state index in [2.05, 4.69) is 22.0 Å². The molecule has 0 radical (unpaired) electrons. The van der Waals surface area contributed by atoms with Gasteiger partial charge in [0.1, 0.15) is 0 Å². The van der Waals surface area contributed by atoms with Crippen LogP contribution in [0.1, 0.15) is 28.4 Å². The summed E-state index contributed by atoms with van der Waals surface area (Å²) in [6.45, 7) is 2.05. The summed E-state index contributed by atoms with van der Waals surface area (Å²) in [6.07, 6.45) is 3.88. The highest BCUT2D eigenvalue weighted by molar-refractivity contribution is 5.54. The Bertz CT molecular complexity index is 714. The first kappa shape index (κ1) is 13.6. The molecule has 2 aliphatic rings. The van der Waals surface area contributed by atoms with E-state index in [-0.39, 0.29) is 0 Å². The molecule has 2 aliphatic heterocycles. The Kier molecular flexibility index (Phi) is 3.26. The summed E-state index contributed by atoms with van der Waals surface area (Å²) >= 11 is 0. The lowest BCUT2D eigenvalue weighted by molar-refractivity contribution is 0.154. The van der Waals surface area contributed by atoms with E-state index in [1.165, 1.54) is 22.4 Å². The fraction of sp³-hybridized carbons (Fsp3) is 0.389. The third-order valence-corrected chi connectivity index (χ3v) is 4.86. The van der Waals surface area contributed by atoms with Crippen molar-refractivity contribution in [2.45, 2.75) is 25.4 Å². The van der Waals surface area contributed by atoms with Gasteiger partial charge in [0, 0.05) is 43.0 Å². The van der Waals surface area contributed by atoms with E-state index in [9.17, 15) is 0 Å². The van der Waals surface area contributed by atoms with Crippen LogP contribution in [0.25, 0.3) is 0 Å². The molecule has 4 nitrogen and oxygen atoms in total. The second kappa shape index (κ2) is 5.29. The lowest BCUT2D eigenvalue weighted by Gasteiger charge is -2.41. The van der Waals surface area contributed by atoms with E-state index in [1.54, 1.807) is 14.2 Å². The number of benzene rings is 1. The molecule has 0 bridgehead atoms. The van der Waals surface area contributed by atoms with E-state index in [4.69, 9.17) is 9.47 Å². The molecule has 3 heterocycles. The largest absolute Gasteiger partial charge is 0.493 e. The minimum Gasteiger partial charge on any atom is -0.493 e. The van der Waals surface area contributed by atoms with Crippen molar-refractivity contribution in [1.82, 2.24) is 9.88 Å². The van der Waals surface area contributed by atoms with Crippen LogP contribution in [0.15, 0.2) is 30.5 Å². The smallest absolute Gasteiger partial charge is 0.165 e. The number of aromatic nitrogens is 1. The second-order valence-electron chi connectivity index (χ2n) is 5.92. The highest BCUT2D eigenvalue weighted by atomic mass is 16.5. The standard InChI is InChI=1S/C18H20N2O2/c1-21-16-6-5-12-7-9-20-11-13-4-3-8-19-14(13)10-15(20)17(12)18(16)22-2/h3-6,8,15H,7,9-11H2,1-2H3. The Morgan fingerprint density at radius 3 is 2.86 bits per heavy atom. The van der Waals surface area contributed by atoms with Crippen molar-refractivity contribution < 1.29 is 9.47 Å². The van der Waals surface area contributed by atoms with Crippen LogP contribution in [0.4, 0.5) is 0 Å². The SMILES string of the molecule is COc1ccc2c(c1OC)C1Cc3ncccc3CN1CC2. The lowest BCUT2D eigenvalue weighted by Crippen LogP contribution is -2.39. The number of pyridine rings is 1. The van der Waals surface area contributed by atoms with Gasteiger partial charge in [0.2, 0.25) is 0 Å². The predicted octanol–water partition coefficient (Wildman–Crippen LogP) is 2.75. The fourth-order valence-electron chi connectivity index (χ4n) is 3.80. The van der Waals surface area contributed by atoms with E-state index in [0.717, 1.165) is 37.4 Å². The van der Waals surface area contributed by atoms with Gasteiger partial charge in [0.15, 0.2) is 11.5 Å². The molecule has 0 aliphatic carbocycles. The molecule has 0 fully saturated rings. The topological polar surface area (TPSA) is 34.6 Å². The van der Waals surface area contributed by atoms with E-state index in [1.807, 2.05) is 18.3 Å². The lowest BCUT2D eigenvalue weighted by atomic mass is 9.85. The van der Waals surface area contributed by atoms with E-state index < -0.39 is 0 Å². The number of fused-ring (bicyclic) bond motifs is 4. The number of methoxy groups -OCH3 is 2. The van der Waals surface area contributed by atoms with Gasteiger partial charge in [0.05, 0.1) is 14.2 Å². The molecular formula is C18H20N2O2. The van der Waals surface area contributed by atoms with Crippen LogP contribution in [0, 0.1) is 0 Å². The predicted molar refractivity (Wildman–Crippen MR) is 84.3 cm³/mol. The van der Waals surface area contributed by atoms with Crippen molar-refractivity contribution in [1.29, 1.82) is 0 Å². The molecule has 0 spiro atoms. The summed E-state index contributed by atoms with van der Waals surface area (Å²) in [5.41, 5.74) is 5.22. The summed E-state index contributed by atoms with van der Waals surface area (Å²) in [4.78, 5) is 7.12. The summed E-state index contributed by atoms with van der Waals surface area (Å²) in [6, 6.07) is 8.75. The monoisotopic (exact) mass is 296 g/mol. The molecular weight excluding hydrogens is 276 g/mol. The highest BCUT2D eigenvalue weighted by Gasteiger charge is 2.35. The van der Waals surface area contributed by atoms with Crippen LogP contribution in [-0.2, 0) is 19.4 Å². The molecule has 4 rings (SSSR count). The first-order valence-electron chi connectivity index (χ1n) is 7.72. The maximum atomic E-state index is 5.70. The minimum absolute atomic E-state index is 0.330. The zero-order valence-corrected chi connectivity index (χ0v) is 13.0. The molecule has 4 heteroatoms. The Hall–Kier alpha value is -2.07. The van der Waals surface area contributed by atoms with Gasteiger partial charge in [-0.2, -0.15) is 0 Å². The molecule has 22 heavy (non-hydrogen) atoms. The summed E-state index contributed by atoms with van der Waals surface area (Å²) in [5.74, 6) is 1.70. The van der Waals surface area contributed by atoms with Crippen LogP contribution in [0.2, 0.25) is 0 Å². The van der Waals surface area contributed by atoms with Crippen LogP contribution in [-0.4, -0.2) is 30.6 Å². The van der Waals surface area contributed by atoms with Crippen molar-refractivity contribution in [3.8, 4) is 11.5 Å². The molecule has 1 unspecified atom stereocenters. The average Bonchev–Trinajstić information content (AvgIpc) is 2.58. The third-order valence-electron chi connectivity index (χ3n) is 4.86. The average molecular weight is 296 g/mol. The number of hydrogen-bond donors (Lipinski definition) is 0. The highest BCUT2D eigenvalue weighted by Crippen LogP contribution is 2.45. The van der Waals surface area contributed by atoms with Crippen LogP contribution in [0.5, 0.6) is 11.5 Å². The molecule has 0 N–H and O–H groups in total.